The zero-order valence-electron chi connectivity index (χ0n) is 13.9. The Morgan fingerprint density at radius 3 is 2.69 bits per heavy atom. The van der Waals surface area contributed by atoms with Crippen molar-refractivity contribution >= 4 is 46.7 Å². The fourth-order valence-electron chi connectivity index (χ4n) is 2.35. The number of para-hydroxylation sites is 1. The standard InChI is InChI=1S/C16H14Cl2N6OS/c1-9-4-3-5-10(2)14(9)24-16(21-22-23-24)26-8-13(25)20-15-12(18)6-11(17)7-19-15/h3-7H,8H2,1-2H3,(H,19,20,25). The van der Waals surface area contributed by atoms with E-state index in [2.05, 4.69) is 25.8 Å². The molecule has 3 aromatic rings. The van der Waals surface area contributed by atoms with Gasteiger partial charge in [0.2, 0.25) is 11.1 Å². The maximum Gasteiger partial charge on any atom is 0.236 e. The van der Waals surface area contributed by atoms with Crippen molar-refractivity contribution in [1.82, 2.24) is 25.2 Å². The van der Waals surface area contributed by atoms with Crippen LogP contribution in [0.15, 0.2) is 35.6 Å². The van der Waals surface area contributed by atoms with Gasteiger partial charge in [0.05, 0.1) is 21.5 Å². The second-order valence-corrected chi connectivity index (χ2v) is 7.22. The number of nitrogens with one attached hydrogen (secondary N) is 1. The predicted molar refractivity (Wildman–Crippen MR) is 102 cm³/mol. The Balaban J connectivity index is 1.71. The molecule has 0 saturated carbocycles. The third kappa shape index (κ3) is 4.14. The average molecular weight is 409 g/mol. The van der Waals surface area contributed by atoms with Crippen LogP contribution >= 0.6 is 35.0 Å². The summed E-state index contributed by atoms with van der Waals surface area (Å²) in [4.78, 5) is 16.2. The summed E-state index contributed by atoms with van der Waals surface area (Å²) >= 11 is 13.0. The number of aromatic nitrogens is 5. The molecule has 2 heterocycles. The van der Waals surface area contributed by atoms with E-state index in [0.717, 1.165) is 16.8 Å². The quantitative estimate of drug-likeness (QED) is 0.647. The first-order valence-electron chi connectivity index (χ1n) is 7.54. The molecular weight excluding hydrogens is 395 g/mol. The molecule has 1 aromatic carbocycles. The molecule has 0 spiro atoms. The van der Waals surface area contributed by atoms with Crippen LogP contribution in [0.25, 0.3) is 5.69 Å². The van der Waals surface area contributed by atoms with Crippen molar-refractivity contribution in [3.63, 3.8) is 0 Å². The number of amides is 1. The van der Waals surface area contributed by atoms with Crippen LogP contribution in [0.1, 0.15) is 11.1 Å². The Hall–Kier alpha value is -2.16. The molecule has 26 heavy (non-hydrogen) atoms. The van der Waals surface area contributed by atoms with Gasteiger partial charge in [0.15, 0.2) is 5.82 Å². The van der Waals surface area contributed by atoms with Crippen LogP contribution in [0.2, 0.25) is 10.0 Å². The summed E-state index contributed by atoms with van der Waals surface area (Å²) in [6, 6.07) is 7.46. The molecule has 7 nitrogen and oxygen atoms in total. The van der Waals surface area contributed by atoms with Gasteiger partial charge in [0, 0.05) is 6.20 Å². The number of anilines is 1. The highest BCUT2D eigenvalue weighted by Crippen LogP contribution is 2.25. The second kappa shape index (κ2) is 8.03. The van der Waals surface area contributed by atoms with Crippen LogP contribution < -0.4 is 5.32 Å². The first kappa shape index (κ1) is 18.6. The van der Waals surface area contributed by atoms with Gasteiger partial charge in [0.25, 0.3) is 0 Å². The molecule has 0 atom stereocenters. The van der Waals surface area contributed by atoms with Crippen molar-refractivity contribution in [2.45, 2.75) is 19.0 Å². The molecular formula is C16H14Cl2N6OS. The number of benzene rings is 1. The minimum atomic E-state index is -0.275. The molecule has 0 radical (unpaired) electrons. The van der Waals surface area contributed by atoms with E-state index >= 15 is 0 Å². The van der Waals surface area contributed by atoms with Gasteiger partial charge in [-0.05, 0) is 41.5 Å². The summed E-state index contributed by atoms with van der Waals surface area (Å²) in [5.41, 5.74) is 2.99. The summed E-state index contributed by atoms with van der Waals surface area (Å²) in [6.07, 6.45) is 1.41. The fourth-order valence-corrected chi connectivity index (χ4v) is 3.46. The third-order valence-corrected chi connectivity index (χ3v) is 4.90. The van der Waals surface area contributed by atoms with Gasteiger partial charge >= 0.3 is 0 Å². The molecule has 1 amide bonds. The lowest BCUT2D eigenvalue weighted by atomic mass is 10.1. The Morgan fingerprint density at radius 1 is 1.27 bits per heavy atom. The average Bonchev–Trinajstić information content (AvgIpc) is 3.04. The summed E-state index contributed by atoms with van der Waals surface area (Å²) in [7, 11) is 0. The molecule has 2 aromatic heterocycles. The number of carbonyl (C=O) groups excluding carboxylic acids is 1. The number of halogens is 2. The Labute approximate surface area is 164 Å². The van der Waals surface area contributed by atoms with Crippen molar-refractivity contribution in [3.05, 3.63) is 51.6 Å². The fraction of sp³-hybridized carbons (Fsp3) is 0.188. The van der Waals surface area contributed by atoms with E-state index in [1.165, 1.54) is 24.0 Å². The lowest BCUT2D eigenvalue weighted by Gasteiger charge is -2.10. The molecule has 0 aliphatic heterocycles. The van der Waals surface area contributed by atoms with Crippen molar-refractivity contribution in [2.24, 2.45) is 0 Å². The van der Waals surface area contributed by atoms with Crippen molar-refractivity contribution in [2.75, 3.05) is 11.1 Å². The summed E-state index contributed by atoms with van der Waals surface area (Å²) in [5, 5.41) is 15.6. The second-order valence-electron chi connectivity index (χ2n) is 5.43. The SMILES string of the molecule is Cc1cccc(C)c1-n1nnnc1SCC(=O)Nc1ncc(Cl)cc1Cl. The lowest BCUT2D eigenvalue weighted by molar-refractivity contribution is -0.113. The van der Waals surface area contributed by atoms with Crippen LogP contribution in [-0.2, 0) is 4.79 Å². The molecule has 0 aliphatic rings. The van der Waals surface area contributed by atoms with Gasteiger partial charge in [-0.2, -0.15) is 4.68 Å². The third-order valence-electron chi connectivity index (χ3n) is 3.49. The number of hydrogen-bond acceptors (Lipinski definition) is 6. The van der Waals surface area contributed by atoms with E-state index in [1.807, 2.05) is 32.0 Å². The summed E-state index contributed by atoms with van der Waals surface area (Å²) < 4.78 is 1.64. The number of carbonyl (C=O) groups is 1. The highest BCUT2D eigenvalue weighted by Gasteiger charge is 2.15. The van der Waals surface area contributed by atoms with Crippen LogP contribution in [0.4, 0.5) is 5.82 Å². The predicted octanol–water partition coefficient (Wildman–Crippen LogP) is 3.71. The maximum atomic E-state index is 12.2. The molecule has 1 N–H and O–H groups in total. The van der Waals surface area contributed by atoms with Gasteiger partial charge in [0.1, 0.15) is 0 Å². The Bertz CT molecular complexity index is 941. The molecule has 0 unspecified atom stereocenters. The van der Waals surface area contributed by atoms with Crippen molar-refractivity contribution in [3.8, 4) is 5.69 Å². The van der Waals surface area contributed by atoms with E-state index in [-0.39, 0.29) is 22.5 Å². The maximum absolute atomic E-state index is 12.2. The van der Waals surface area contributed by atoms with Crippen LogP contribution in [0.3, 0.4) is 0 Å². The number of thioether (sulfide) groups is 1. The molecule has 0 saturated heterocycles. The lowest BCUT2D eigenvalue weighted by Crippen LogP contribution is -2.16. The van der Waals surface area contributed by atoms with E-state index < -0.39 is 0 Å². The summed E-state index contributed by atoms with van der Waals surface area (Å²) in [5.74, 6) is 0.0881. The number of nitrogens with zero attached hydrogens (tertiary/aromatic N) is 5. The van der Waals surface area contributed by atoms with Crippen molar-refractivity contribution < 1.29 is 4.79 Å². The first-order chi connectivity index (χ1) is 12.5. The zero-order chi connectivity index (χ0) is 18.7. The largest absolute Gasteiger partial charge is 0.309 e. The topological polar surface area (TPSA) is 85.6 Å². The van der Waals surface area contributed by atoms with E-state index in [9.17, 15) is 4.79 Å². The van der Waals surface area contributed by atoms with Crippen LogP contribution in [0.5, 0.6) is 0 Å². The van der Waals surface area contributed by atoms with Gasteiger partial charge in [-0.1, -0.05) is 53.2 Å². The number of aryl methyl sites for hydroxylation is 2. The molecule has 0 aliphatic carbocycles. The minimum Gasteiger partial charge on any atom is -0.309 e. The first-order valence-corrected chi connectivity index (χ1v) is 9.28. The molecule has 3 rings (SSSR count). The van der Waals surface area contributed by atoms with Crippen molar-refractivity contribution in [1.29, 1.82) is 0 Å². The highest BCUT2D eigenvalue weighted by atomic mass is 35.5. The Morgan fingerprint density at radius 2 is 2.00 bits per heavy atom. The van der Waals surface area contributed by atoms with E-state index in [1.54, 1.807) is 4.68 Å². The molecule has 0 fully saturated rings. The highest BCUT2D eigenvalue weighted by molar-refractivity contribution is 7.99. The molecule has 10 heteroatoms. The van der Waals surface area contributed by atoms with E-state index in [4.69, 9.17) is 23.2 Å². The normalized spacial score (nSPS) is 10.8. The zero-order valence-corrected chi connectivity index (χ0v) is 16.2. The summed E-state index contributed by atoms with van der Waals surface area (Å²) in [6.45, 7) is 3.97. The number of rotatable bonds is 5. The van der Waals surface area contributed by atoms with Crippen LogP contribution in [-0.4, -0.2) is 36.9 Å². The minimum absolute atomic E-state index is 0.103. The monoisotopic (exact) mass is 408 g/mol. The van der Waals surface area contributed by atoms with Gasteiger partial charge < -0.3 is 5.32 Å². The number of tetrazole rings is 1. The molecule has 134 valence electrons. The van der Waals surface area contributed by atoms with Gasteiger partial charge in [-0.3, -0.25) is 4.79 Å². The Kier molecular flexibility index (Phi) is 5.75. The number of pyridine rings is 1. The number of hydrogen-bond donors (Lipinski definition) is 1. The van der Waals surface area contributed by atoms with E-state index in [0.29, 0.717) is 10.2 Å². The molecule has 0 bridgehead atoms. The van der Waals surface area contributed by atoms with Gasteiger partial charge in [-0.15, -0.1) is 5.10 Å². The van der Waals surface area contributed by atoms with Crippen LogP contribution in [0, 0.1) is 13.8 Å². The smallest absolute Gasteiger partial charge is 0.236 e. The van der Waals surface area contributed by atoms with Gasteiger partial charge in [-0.25, -0.2) is 4.98 Å².